The first-order valence-electron chi connectivity index (χ1n) is 5.85. The zero-order valence-electron chi connectivity index (χ0n) is 8.84. The van der Waals surface area contributed by atoms with Crippen molar-refractivity contribution in [3.05, 3.63) is 0 Å². The van der Waals surface area contributed by atoms with Crippen molar-refractivity contribution in [2.24, 2.45) is 5.92 Å². The fraction of sp³-hybridized carbons (Fsp3) is 1.00. The Hall–Kier alpha value is 0.270. The van der Waals surface area contributed by atoms with Gasteiger partial charge in [-0.1, -0.05) is 0 Å². The molecular formula is C11H21NOS. The highest BCUT2D eigenvalue weighted by atomic mass is 32.2. The molecule has 2 aliphatic rings. The summed E-state index contributed by atoms with van der Waals surface area (Å²) in [7, 11) is 0. The van der Waals surface area contributed by atoms with Gasteiger partial charge in [0.15, 0.2) is 0 Å². The molecule has 2 atom stereocenters. The Morgan fingerprint density at radius 2 is 2.21 bits per heavy atom. The fourth-order valence-corrected chi connectivity index (χ4v) is 3.45. The molecule has 0 amide bonds. The Morgan fingerprint density at radius 1 is 1.21 bits per heavy atom. The highest BCUT2D eigenvalue weighted by molar-refractivity contribution is 7.99. The van der Waals surface area contributed by atoms with Crippen molar-refractivity contribution in [1.29, 1.82) is 0 Å². The van der Waals surface area contributed by atoms with Gasteiger partial charge in [0.05, 0.1) is 6.10 Å². The van der Waals surface area contributed by atoms with Gasteiger partial charge in [-0.05, 0) is 49.7 Å². The second-order valence-corrected chi connectivity index (χ2v) is 5.53. The van der Waals surface area contributed by atoms with Crippen molar-refractivity contribution in [3.63, 3.8) is 0 Å². The Morgan fingerprint density at radius 3 is 2.93 bits per heavy atom. The normalized spacial score (nSPS) is 33.4. The summed E-state index contributed by atoms with van der Waals surface area (Å²) in [6.45, 7) is 3.25. The third-order valence-electron chi connectivity index (χ3n) is 3.10. The Labute approximate surface area is 91.2 Å². The van der Waals surface area contributed by atoms with Crippen molar-refractivity contribution >= 4 is 11.8 Å². The number of rotatable bonds is 4. The maximum atomic E-state index is 5.67. The predicted octanol–water partition coefficient (Wildman–Crippen LogP) is 1.90. The Balaban J connectivity index is 1.52. The summed E-state index contributed by atoms with van der Waals surface area (Å²) in [6.07, 6.45) is 5.77. The fourth-order valence-electron chi connectivity index (χ4n) is 2.16. The van der Waals surface area contributed by atoms with E-state index in [1.807, 2.05) is 0 Å². The van der Waals surface area contributed by atoms with Gasteiger partial charge in [-0.25, -0.2) is 0 Å². The van der Waals surface area contributed by atoms with E-state index in [0.717, 1.165) is 19.1 Å². The molecule has 2 aliphatic heterocycles. The highest BCUT2D eigenvalue weighted by Gasteiger charge is 2.17. The van der Waals surface area contributed by atoms with Gasteiger partial charge >= 0.3 is 0 Å². The molecule has 0 aromatic rings. The van der Waals surface area contributed by atoms with Gasteiger partial charge in [0.1, 0.15) is 0 Å². The molecule has 0 radical (unpaired) electrons. The average molecular weight is 215 g/mol. The maximum absolute atomic E-state index is 5.67. The second kappa shape index (κ2) is 5.99. The van der Waals surface area contributed by atoms with Gasteiger partial charge in [0, 0.05) is 13.2 Å². The highest BCUT2D eigenvalue weighted by Crippen LogP contribution is 2.22. The van der Waals surface area contributed by atoms with Gasteiger partial charge in [0.2, 0.25) is 0 Å². The van der Waals surface area contributed by atoms with Crippen molar-refractivity contribution in [2.45, 2.75) is 31.8 Å². The zero-order valence-corrected chi connectivity index (χ0v) is 9.65. The molecule has 0 aromatic carbocycles. The second-order valence-electron chi connectivity index (χ2n) is 4.38. The standard InChI is InChI=1S/C11H21NOS/c1-2-5-13-11(3-1)8-12-7-10-4-6-14-9-10/h10-12H,1-9H2. The molecule has 2 saturated heterocycles. The van der Waals surface area contributed by atoms with E-state index < -0.39 is 0 Å². The first-order chi connectivity index (χ1) is 6.95. The van der Waals surface area contributed by atoms with Crippen LogP contribution in [0.5, 0.6) is 0 Å². The van der Waals surface area contributed by atoms with E-state index in [4.69, 9.17) is 4.74 Å². The summed E-state index contributed by atoms with van der Waals surface area (Å²) in [5.41, 5.74) is 0. The van der Waals surface area contributed by atoms with Crippen LogP contribution in [0, 0.1) is 5.92 Å². The summed E-state index contributed by atoms with van der Waals surface area (Å²) in [5.74, 6) is 3.65. The maximum Gasteiger partial charge on any atom is 0.0699 e. The van der Waals surface area contributed by atoms with Crippen molar-refractivity contribution in [2.75, 3.05) is 31.2 Å². The first-order valence-corrected chi connectivity index (χ1v) is 7.00. The van der Waals surface area contributed by atoms with Crippen LogP contribution in [0.4, 0.5) is 0 Å². The number of hydrogen-bond donors (Lipinski definition) is 1. The molecular weight excluding hydrogens is 194 g/mol. The van der Waals surface area contributed by atoms with Gasteiger partial charge in [-0.2, -0.15) is 11.8 Å². The number of hydrogen-bond acceptors (Lipinski definition) is 3. The van der Waals surface area contributed by atoms with E-state index in [0.29, 0.717) is 6.10 Å². The molecule has 2 heterocycles. The minimum Gasteiger partial charge on any atom is -0.377 e. The Kier molecular flexibility index (Phi) is 4.61. The molecule has 2 nitrogen and oxygen atoms in total. The van der Waals surface area contributed by atoms with Gasteiger partial charge < -0.3 is 10.1 Å². The van der Waals surface area contributed by atoms with Crippen LogP contribution in [-0.2, 0) is 4.74 Å². The van der Waals surface area contributed by atoms with E-state index in [2.05, 4.69) is 17.1 Å². The minimum absolute atomic E-state index is 0.498. The van der Waals surface area contributed by atoms with Crippen LogP contribution >= 0.6 is 11.8 Å². The molecule has 2 fully saturated rings. The lowest BCUT2D eigenvalue weighted by Crippen LogP contribution is -2.34. The third-order valence-corrected chi connectivity index (χ3v) is 4.33. The lowest BCUT2D eigenvalue weighted by atomic mass is 10.1. The first kappa shape index (κ1) is 10.8. The summed E-state index contributed by atoms with van der Waals surface area (Å²) in [5, 5.41) is 3.56. The van der Waals surface area contributed by atoms with E-state index in [1.165, 1.54) is 43.7 Å². The van der Waals surface area contributed by atoms with Crippen LogP contribution in [-0.4, -0.2) is 37.3 Å². The SMILES string of the molecule is C1CCC(CNCC2CCSC2)OC1. The van der Waals surface area contributed by atoms with Crippen LogP contribution < -0.4 is 5.32 Å². The smallest absolute Gasteiger partial charge is 0.0699 e. The van der Waals surface area contributed by atoms with Crippen molar-refractivity contribution in [1.82, 2.24) is 5.32 Å². The third kappa shape index (κ3) is 3.44. The molecule has 14 heavy (non-hydrogen) atoms. The van der Waals surface area contributed by atoms with Gasteiger partial charge in [-0.15, -0.1) is 0 Å². The number of thioether (sulfide) groups is 1. The quantitative estimate of drug-likeness (QED) is 0.774. The molecule has 0 aliphatic carbocycles. The number of ether oxygens (including phenoxy) is 1. The molecule has 0 spiro atoms. The molecule has 0 saturated carbocycles. The molecule has 0 aromatic heterocycles. The van der Waals surface area contributed by atoms with E-state index in [1.54, 1.807) is 0 Å². The van der Waals surface area contributed by atoms with Crippen LogP contribution in [0.3, 0.4) is 0 Å². The van der Waals surface area contributed by atoms with E-state index >= 15 is 0 Å². The molecule has 2 rings (SSSR count). The summed E-state index contributed by atoms with van der Waals surface area (Å²) >= 11 is 2.10. The van der Waals surface area contributed by atoms with Crippen LogP contribution in [0.15, 0.2) is 0 Å². The van der Waals surface area contributed by atoms with Crippen LogP contribution in [0.2, 0.25) is 0 Å². The molecule has 3 heteroatoms. The summed E-state index contributed by atoms with van der Waals surface area (Å²) in [6, 6.07) is 0. The molecule has 0 bridgehead atoms. The van der Waals surface area contributed by atoms with Crippen molar-refractivity contribution in [3.8, 4) is 0 Å². The minimum atomic E-state index is 0.498. The lowest BCUT2D eigenvalue weighted by Gasteiger charge is -2.23. The molecule has 82 valence electrons. The summed E-state index contributed by atoms with van der Waals surface area (Å²) in [4.78, 5) is 0. The monoisotopic (exact) mass is 215 g/mol. The van der Waals surface area contributed by atoms with Crippen LogP contribution in [0.1, 0.15) is 25.7 Å². The van der Waals surface area contributed by atoms with Gasteiger partial charge in [0.25, 0.3) is 0 Å². The Bertz CT molecular complexity index is 153. The van der Waals surface area contributed by atoms with Crippen molar-refractivity contribution < 1.29 is 4.74 Å². The van der Waals surface area contributed by atoms with Crippen LogP contribution in [0.25, 0.3) is 0 Å². The van der Waals surface area contributed by atoms with E-state index in [9.17, 15) is 0 Å². The topological polar surface area (TPSA) is 21.3 Å². The predicted molar refractivity (Wildman–Crippen MR) is 61.9 cm³/mol. The number of nitrogens with one attached hydrogen (secondary N) is 1. The molecule has 1 N–H and O–H groups in total. The summed E-state index contributed by atoms with van der Waals surface area (Å²) < 4.78 is 5.67. The lowest BCUT2D eigenvalue weighted by molar-refractivity contribution is 0.0166. The average Bonchev–Trinajstić information content (AvgIpc) is 2.72. The largest absolute Gasteiger partial charge is 0.377 e. The molecule has 2 unspecified atom stereocenters. The zero-order chi connectivity index (χ0) is 9.64. The van der Waals surface area contributed by atoms with Gasteiger partial charge in [-0.3, -0.25) is 0 Å². The van der Waals surface area contributed by atoms with E-state index in [-0.39, 0.29) is 0 Å².